The lowest BCUT2D eigenvalue weighted by Gasteiger charge is -2.29. The Bertz CT molecular complexity index is 210. The second-order valence-electron chi connectivity index (χ2n) is 4.22. The van der Waals surface area contributed by atoms with Gasteiger partial charge >= 0.3 is 0 Å². The molecular formula is C9H16F2OS. The highest BCUT2D eigenvalue weighted by Gasteiger charge is 2.27. The average molecular weight is 210 g/mol. The van der Waals surface area contributed by atoms with Gasteiger partial charge in [-0.15, -0.1) is 0 Å². The van der Waals surface area contributed by atoms with E-state index >= 15 is 0 Å². The molecule has 0 N–H and O–H groups in total. The Labute approximate surface area is 79.5 Å². The number of rotatable bonds is 2. The number of halogens is 2. The molecule has 0 aliphatic carbocycles. The highest BCUT2D eigenvalue weighted by molar-refractivity contribution is 8.32. The van der Waals surface area contributed by atoms with E-state index in [0.29, 0.717) is 0 Å². The predicted molar refractivity (Wildman–Crippen MR) is 53.8 cm³/mol. The van der Waals surface area contributed by atoms with Gasteiger partial charge in [0.1, 0.15) is 0 Å². The lowest BCUT2D eigenvalue weighted by Crippen LogP contribution is -2.25. The molecule has 1 unspecified atom stereocenters. The Morgan fingerprint density at radius 3 is 2.54 bits per heavy atom. The van der Waals surface area contributed by atoms with Crippen LogP contribution in [0.1, 0.15) is 6.42 Å². The zero-order chi connectivity index (χ0) is 10.1. The fourth-order valence-electron chi connectivity index (χ4n) is 1.29. The van der Waals surface area contributed by atoms with Crippen molar-refractivity contribution < 1.29 is 13.5 Å². The van der Waals surface area contributed by atoms with Gasteiger partial charge in [0.15, 0.2) is 6.17 Å². The lowest BCUT2D eigenvalue weighted by atomic mass is 10.1. The quantitative estimate of drug-likeness (QED) is 0.680. The Morgan fingerprint density at radius 2 is 2.08 bits per heavy atom. The molecule has 4 heteroatoms. The number of ether oxygens (including phenoxy) is 1. The van der Waals surface area contributed by atoms with Crippen molar-refractivity contribution in [3.8, 4) is 0 Å². The van der Waals surface area contributed by atoms with Gasteiger partial charge in [-0.2, -0.15) is 4.39 Å². The minimum Gasteiger partial charge on any atom is -0.465 e. The predicted octanol–water partition coefficient (Wildman–Crippen LogP) is 2.62. The van der Waals surface area contributed by atoms with Gasteiger partial charge in [0.25, 0.3) is 6.36 Å². The average Bonchev–Trinajstić information content (AvgIpc) is 1.94. The second-order valence-corrected chi connectivity index (χ2v) is 8.69. The first-order valence-corrected chi connectivity index (χ1v) is 7.19. The largest absolute Gasteiger partial charge is 0.465 e. The molecule has 2 atom stereocenters. The van der Waals surface area contributed by atoms with Crippen molar-refractivity contribution in [2.24, 2.45) is 0 Å². The third-order valence-corrected chi connectivity index (χ3v) is 2.96. The maximum atomic E-state index is 12.9. The summed E-state index contributed by atoms with van der Waals surface area (Å²) in [7, 11) is -0.702. The molecule has 0 amide bonds. The standard InChI is InChI=1S/C9H16F2OS/c1-13(2,3)6-7-4-8(10)9(11)12-5-7/h5,8-9H,4,6H2,1-3H3/t8-,9?/m1/s1. The van der Waals surface area contributed by atoms with Crippen LogP contribution < -0.4 is 0 Å². The van der Waals surface area contributed by atoms with Gasteiger partial charge in [-0.25, -0.2) is 14.4 Å². The van der Waals surface area contributed by atoms with Crippen LogP contribution >= 0.6 is 10.0 Å². The third-order valence-electron chi connectivity index (χ3n) is 1.72. The summed E-state index contributed by atoms with van der Waals surface area (Å²) in [6.45, 7) is 0. The van der Waals surface area contributed by atoms with Crippen molar-refractivity contribution in [2.75, 3.05) is 24.5 Å². The molecule has 13 heavy (non-hydrogen) atoms. The maximum absolute atomic E-state index is 12.9. The minimum absolute atomic E-state index is 0.186. The van der Waals surface area contributed by atoms with E-state index in [1.165, 1.54) is 6.26 Å². The second kappa shape index (κ2) is 3.86. The molecule has 1 rings (SSSR count). The van der Waals surface area contributed by atoms with E-state index < -0.39 is 22.6 Å². The smallest absolute Gasteiger partial charge is 0.268 e. The SMILES string of the molecule is CS(C)(C)CC1=COC(F)[C@H](F)C1. The Kier molecular flexibility index (Phi) is 3.22. The van der Waals surface area contributed by atoms with Crippen molar-refractivity contribution in [3.63, 3.8) is 0 Å². The van der Waals surface area contributed by atoms with Gasteiger partial charge in [0.05, 0.1) is 6.26 Å². The zero-order valence-corrected chi connectivity index (χ0v) is 9.04. The third kappa shape index (κ3) is 3.55. The van der Waals surface area contributed by atoms with E-state index in [2.05, 4.69) is 23.5 Å². The van der Waals surface area contributed by atoms with E-state index in [4.69, 9.17) is 0 Å². The zero-order valence-electron chi connectivity index (χ0n) is 8.22. The topological polar surface area (TPSA) is 9.23 Å². The highest BCUT2D eigenvalue weighted by atomic mass is 32.3. The molecule has 0 fully saturated rings. The molecule has 1 aliphatic rings. The van der Waals surface area contributed by atoms with Crippen LogP contribution in [0.25, 0.3) is 0 Å². The Balaban J connectivity index is 2.54. The van der Waals surface area contributed by atoms with Crippen LogP contribution in [0.4, 0.5) is 8.78 Å². The van der Waals surface area contributed by atoms with Crippen LogP contribution in [0.3, 0.4) is 0 Å². The van der Waals surface area contributed by atoms with E-state index in [1.807, 2.05) is 0 Å². The Morgan fingerprint density at radius 1 is 1.46 bits per heavy atom. The highest BCUT2D eigenvalue weighted by Crippen LogP contribution is 2.39. The van der Waals surface area contributed by atoms with Gasteiger partial charge in [0.2, 0.25) is 0 Å². The normalized spacial score (nSPS) is 30.7. The van der Waals surface area contributed by atoms with E-state index in [1.54, 1.807) is 0 Å². The molecular weight excluding hydrogens is 194 g/mol. The van der Waals surface area contributed by atoms with Crippen molar-refractivity contribution in [1.29, 1.82) is 0 Å². The summed E-state index contributed by atoms with van der Waals surface area (Å²) >= 11 is 0. The van der Waals surface area contributed by atoms with Gasteiger partial charge in [0, 0.05) is 12.2 Å². The van der Waals surface area contributed by atoms with Crippen molar-refractivity contribution in [2.45, 2.75) is 19.0 Å². The number of hydrogen-bond acceptors (Lipinski definition) is 1. The lowest BCUT2D eigenvalue weighted by molar-refractivity contribution is -0.0500. The van der Waals surface area contributed by atoms with Crippen molar-refractivity contribution in [1.82, 2.24) is 0 Å². The summed E-state index contributed by atoms with van der Waals surface area (Å²) in [6.07, 6.45) is 4.75. The molecule has 0 aromatic rings. The summed E-state index contributed by atoms with van der Waals surface area (Å²) in [5.74, 6) is 0.833. The molecule has 0 saturated heterocycles. The molecule has 0 saturated carbocycles. The molecule has 0 aromatic carbocycles. The molecule has 0 spiro atoms. The number of hydrogen-bond donors (Lipinski definition) is 0. The molecule has 0 bridgehead atoms. The summed E-state index contributed by atoms with van der Waals surface area (Å²) < 4.78 is 30.0. The van der Waals surface area contributed by atoms with Gasteiger partial charge in [-0.05, 0) is 24.3 Å². The van der Waals surface area contributed by atoms with Crippen LogP contribution in [0.2, 0.25) is 0 Å². The van der Waals surface area contributed by atoms with Crippen molar-refractivity contribution >= 4 is 10.0 Å². The van der Waals surface area contributed by atoms with Crippen molar-refractivity contribution in [3.05, 3.63) is 11.8 Å². The Hall–Kier alpha value is -0.250. The molecule has 1 heterocycles. The van der Waals surface area contributed by atoms with Crippen LogP contribution in [0, 0.1) is 0 Å². The first kappa shape index (κ1) is 10.8. The van der Waals surface area contributed by atoms with Gasteiger partial charge in [-0.1, -0.05) is 0 Å². The maximum Gasteiger partial charge on any atom is 0.268 e. The molecule has 1 nitrogen and oxygen atoms in total. The molecule has 1 aliphatic heterocycles. The van der Waals surface area contributed by atoms with Crippen LogP contribution in [-0.2, 0) is 4.74 Å². The molecule has 0 radical (unpaired) electrons. The fraction of sp³-hybridized carbons (Fsp3) is 0.778. The minimum atomic E-state index is -1.77. The van der Waals surface area contributed by atoms with Crippen LogP contribution in [-0.4, -0.2) is 37.0 Å². The van der Waals surface area contributed by atoms with Crippen LogP contribution in [0.5, 0.6) is 0 Å². The molecule has 78 valence electrons. The summed E-state index contributed by atoms with van der Waals surface area (Å²) in [4.78, 5) is 0. The summed E-state index contributed by atoms with van der Waals surface area (Å²) in [5, 5.41) is 0. The van der Waals surface area contributed by atoms with Crippen LogP contribution in [0.15, 0.2) is 11.8 Å². The monoisotopic (exact) mass is 210 g/mol. The number of alkyl halides is 2. The first-order valence-electron chi connectivity index (χ1n) is 4.16. The molecule has 0 aromatic heterocycles. The van der Waals surface area contributed by atoms with E-state index in [-0.39, 0.29) is 6.42 Å². The summed E-state index contributed by atoms with van der Waals surface area (Å²) in [6, 6.07) is 0. The first-order chi connectivity index (χ1) is 5.88. The summed E-state index contributed by atoms with van der Waals surface area (Å²) in [5.41, 5.74) is 0.893. The fourth-order valence-corrected chi connectivity index (χ4v) is 2.59. The van der Waals surface area contributed by atoms with E-state index in [0.717, 1.165) is 11.3 Å². The van der Waals surface area contributed by atoms with Gasteiger partial charge < -0.3 is 4.74 Å². The van der Waals surface area contributed by atoms with Gasteiger partial charge in [-0.3, -0.25) is 0 Å². The van der Waals surface area contributed by atoms with E-state index in [9.17, 15) is 8.78 Å².